The van der Waals surface area contributed by atoms with E-state index in [1.165, 1.54) is 30.0 Å². The summed E-state index contributed by atoms with van der Waals surface area (Å²) in [4.78, 5) is 24.3. The minimum atomic E-state index is -0.543. The largest absolute Gasteiger partial charge is 0.352 e. The molecular weight excluding hydrogens is 266 g/mol. The molecule has 2 aliphatic carbocycles. The molecule has 0 radical (unpaired) electrons. The highest BCUT2D eigenvalue weighted by atomic mass is 16.2. The molecule has 2 aliphatic rings. The van der Waals surface area contributed by atoms with Gasteiger partial charge >= 0.3 is 0 Å². The van der Waals surface area contributed by atoms with Crippen LogP contribution in [-0.2, 0) is 4.79 Å². The maximum absolute atomic E-state index is 12.3. The van der Waals surface area contributed by atoms with Gasteiger partial charge in [-0.15, -0.1) is 0 Å². The van der Waals surface area contributed by atoms with E-state index >= 15 is 0 Å². The molecule has 1 atom stereocenters. The molecule has 0 aromatic carbocycles. The number of hydrogen-bond acceptors (Lipinski definition) is 3. The van der Waals surface area contributed by atoms with Crippen molar-refractivity contribution < 1.29 is 4.79 Å². The average Bonchev–Trinajstić information content (AvgIpc) is 3.33. The zero-order chi connectivity index (χ0) is 14.8. The summed E-state index contributed by atoms with van der Waals surface area (Å²) in [5, 5.41) is 7.46. The number of amides is 1. The zero-order valence-electron chi connectivity index (χ0n) is 12.5. The van der Waals surface area contributed by atoms with E-state index in [4.69, 9.17) is 0 Å². The van der Waals surface area contributed by atoms with Crippen LogP contribution in [0.2, 0.25) is 0 Å². The highest BCUT2D eigenvalue weighted by Gasteiger charge is 2.27. The summed E-state index contributed by atoms with van der Waals surface area (Å²) < 4.78 is 1.34. The summed E-state index contributed by atoms with van der Waals surface area (Å²) in [5.41, 5.74) is 0.734. The molecular formula is C16H23N3O2. The Morgan fingerprint density at radius 3 is 2.62 bits per heavy atom. The van der Waals surface area contributed by atoms with E-state index in [1.807, 2.05) is 0 Å². The van der Waals surface area contributed by atoms with E-state index in [1.54, 1.807) is 13.0 Å². The average molecular weight is 289 g/mol. The summed E-state index contributed by atoms with van der Waals surface area (Å²) in [6.07, 6.45) is 7.96. The molecule has 1 aromatic rings. The quantitative estimate of drug-likeness (QED) is 0.923. The first-order valence-electron chi connectivity index (χ1n) is 8.05. The maximum Gasteiger partial charge on any atom is 0.267 e. The Labute approximate surface area is 124 Å². The first-order chi connectivity index (χ1) is 10.1. The Hall–Kier alpha value is -1.65. The van der Waals surface area contributed by atoms with Gasteiger partial charge < -0.3 is 5.32 Å². The van der Waals surface area contributed by atoms with Crippen molar-refractivity contribution in [2.45, 2.75) is 69.9 Å². The Morgan fingerprint density at radius 2 is 1.95 bits per heavy atom. The Balaban J connectivity index is 1.71. The van der Waals surface area contributed by atoms with Crippen LogP contribution in [0.5, 0.6) is 0 Å². The maximum atomic E-state index is 12.3. The lowest BCUT2D eigenvalue weighted by molar-refractivity contribution is -0.125. The summed E-state index contributed by atoms with van der Waals surface area (Å²) in [5.74, 6) is 0.384. The molecule has 0 unspecified atom stereocenters. The normalized spacial score (nSPS) is 21.0. The predicted molar refractivity (Wildman–Crippen MR) is 80.2 cm³/mol. The first-order valence-corrected chi connectivity index (χ1v) is 8.05. The van der Waals surface area contributed by atoms with Crippen molar-refractivity contribution >= 4 is 5.91 Å². The van der Waals surface area contributed by atoms with E-state index in [0.29, 0.717) is 5.92 Å². The fourth-order valence-electron chi connectivity index (χ4n) is 2.99. The molecule has 0 saturated heterocycles. The number of nitrogens with zero attached hydrogens (tertiary/aromatic N) is 2. The van der Waals surface area contributed by atoms with Gasteiger partial charge in [0.15, 0.2) is 0 Å². The van der Waals surface area contributed by atoms with E-state index < -0.39 is 6.04 Å². The predicted octanol–water partition coefficient (Wildman–Crippen LogP) is 2.13. The Kier molecular flexibility index (Phi) is 4.08. The van der Waals surface area contributed by atoms with Gasteiger partial charge in [0.05, 0.1) is 5.69 Å². The van der Waals surface area contributed by atoms with Crippen molar-refractivity contribution in [3.05, 3.63) is 28.2 Å². The molecule has 2 saturated carbocycles. The zero-order valence-corrected chi connectivity index (χ0v) is 12.5. The topological polar surface area (TPSA) is 64.0 Å². The van der Waals surface area contributed by atoms with E-state index in [9.17, 15) is 9.59 Å². The summed E-state index contributed by atoms with van der Waals surface area (Å²) in [6.45, 7) is 1.75. The molecule has 0 spiro atoms. The van der Waals surface area contributed by atoms with Gasteiger partial charge in [-0.2, -0.15) is 5.10 Å². The van der Waals surface area contributed by atoms with Gasteiger partial charge in [-0.1, -0.05) is 19.3 Å². The molecule has 5 heteroatoms. The van der Waals surface area contributed by atoms with Crippen molar-refractivity contribution in [2.24, 2.45) is 0 Å². The number of hydrogen-bond donors (Lipinski definition) is 1. The number of carbonyl (C=O) groups excluding carboxylic acids is 1. The molecule has 0 bridgehead atoms. The second-order valence-electron chi connectivity index (χ2n) is 6.33. The van der Waals surface area contributed by atoms with Crippen molar-refractivity contribution in [3.8, 4) is 0 Å². The SMILES string of the molecule is C[C@@H](C(=O)NC1CCCCC1)n1nc(C2CC2)ccc1=O. The Morgan fingerprint density at radius 1 is 1.24 bits per heavy atom. The monoisotopic (exact) mass is 289 g/mol. The van der Waals surface area contributed by atoms with E-state index in [2.05, 4.69) is 10.4 Å². The molecule has 114 valence electrons. The summed E-state index contributed by atoms with van der Waals surface area (Å²) in [6, 6.07) is 3.04. The van der Waals surface area contributed by atoms with Crippen molar-refractivity contribution in [3.63, 3.8) is 0 Å². The minimum Gasteiger partial charge on any atom is -0.352 e. The van der Waals surface area contributed by atoms with Gasteiger partial charge in [0.2, 0.25) is 5.91 Å². The molecule has 1 heterocycles. The number of aromatic nitrogens is 2. The highest BCUT2D eigenvalue weighted by molar-refractivity contribution is 5.80. The van der Waals surface area contributed by atoms with Gasteiger partial charge in [0.25, 0.3) is 5.56 Å². The second-order valence-corrected chi connectivity index (χ2v) is 6.33. The van der Waals surface area contributed by atoms with Gasteiger partial charge in [-0.05, 0) is 38.7 Å². The summed E-state index contributed by atoms with van der Waals surface area (Å²) in [7, 11) is 0. The van der Waals surface area contributed by atoms with Gasteiger partial charge in [-0.25, -0.2) is 4.68 Å². The van der Waals surface area contributed by atoms with Crippen LogP contribution in [0, 0.1) is 0 Å². The lowest BCUT2D eigenvalue weighted by Crippen LogP contribution is -2.42. The van der Waals surface area contributed by atoms with Crippen LogP contribution in [0.1, 0.15) is 69.5 Å². The lowest BCUT2D eigenvalue weighted by atomic mass is 9.95. The second kappa shape index (κ2) is 6.00. The molecule has 2 fully saturated rings. The van der Waals surface area contributed by atoms with Crippen LogP contribution in [0.25, 0.3) is 0 Å². The first kappa shape index (κ1) is 14.3. The van der Waals surface area contributed by atoms with Gasteiger partial charge in [0, 0.05) is 18.0 Å². The highest BCUT2D eigenvalue weighted by Crippen LogP contribution is 2.38. The number of nitrogens with one attached hydrogen (secondary N) is 1. The van der Waals surface area contributed by atoms with Crippen LogP contribution in [-0.4, -0.2) is 21.7 Å². The standard InChI is InChI=1S/C16H23N3O2/c1-11(16(21)17-13-5-3-2-4-6-13)19-15(20)10-9-14(18-19)12-7-8-12/h9-13H,2-8H2,1H3,(H,17,21)/t11-/m0/s1. The van der Waals surface area contributed by atoms with E-state index in [0.717, 1.165) is 31.4 Å². The van der Waals surface area contributed by atoms with Crippen molar-refractivity contribution in [1.29, 1.82) is 0 Å². The van der Waals surface area contributed by atoms with Crippen LogP contribution in [0.15, 0.2) is 16.9 Å². The smallest absolute Gasteiger partial charge is 0.267 e. The molecule has 21 heavy (non-hydrogen) atoms. The van der Waals surface area contributed by atoms with Gasteiger partial charge in [0.1, 0.15) is 6.04 Å². The molecule has 1 amide bonds. The van der Waals surface area contributed by atoms with Gasteiger partial charge in [-0.3, -0.25) is 9.59 Å². The molecule has 0 aliphatic heterocycles. The third-order valence-electron chi connectivity index (χ3n) is 4.54. The van der Waals surface area contributed by atoms with Crippen LogP contribution < -0.4 is 10.9 Å². The molecule has 1 N–H and O–H groups in total. The van der Waals surface area contributed by atoms with Crippen LogP contribution >= 0.6 is 0 Å². The van der Waals surface area contributed by atoms with Crippen molar-refractivity contribution in [1.82, 2.24) is 15.1 Å². The third kappa shape index (κ3) is 3.34. The molecule has 5 nitrogen and oxygen atoms in total. The van der Waals surface area contributed by atoms with Crippen molar-refractivity contribution in [2.75, 3.05) is 0 Å². The van der Waals surface area contributed by atoms with Crippen LogP contribution in [0.4, 0.5) is 0 Å². The summed E-state index contributed by atoms with van der Waals surface area (Å²) >= 11 is 0. The fourth-order valence-corrected chi connectivity index (χ4v) is 2.99. The lowest BCUT2D eigenvalue weighted by Gasteiger charge is -2.24. The minimum absolute atomic E-state index is 0.0931. The molecule has 1 aromatic heterocycles. The third-order valence-corrected chi connectivity index (χ3v) is 4.54. The van der Waals surface area contributed by atoms with E-state index in [-0.39, 0.29) is 17.5 Å². The Bertz CT molecular complexity index is 571. The fraction of sp³-hybridized carbons (Fsp3) is 0.688. The molecule has 3 rings (SSSR count). The number of carbonyl (C=O) groups is 1. The van der Waals surface area contributed by atoms with Crippen LogP contribution in [0.3, 0.4) is 0 Å². The number of rotatable bonds is 4.